The van der Waals surface area contributed by atoms with Crippen molar-refractivity contribution in [2.24, 2.45) is 0 Å². The van der Waals surface area contributed by atoms with Crippen LogP contribution >= 0.6 is 0 Å². The Morgan fingerprint density at radius 2 is 1.67 bits per heavy atom. The van der Waals surface area contributed by atoms with Gasteiger partial charge < -0.3 is 0 Å². The SMILES string of the molecule is Cc1ccc(N2C(=O)N(Cc3nnnn3-c3ccccc3)C(=O)[C@@H]2C)cc1. The highest BCUT2D eigenvalue weighted by atomic mass is 16.2. The Morgan fingerprint density at radius 3 is 2.37 bits per heavy atom. The Labute approximate surface area is 156 Å². The summed E-state index contributed by atoms with van der Waals surface area (Å²) in [6, 6.07) is 15.9. The van der Waals surface area contributed by atoms with E-state index >= 15 is 0 Å². The molecule has 1 aromatic heterocycles. The van der Waals surface area contributed by atoms with Gasteiger partial charge in [0.25, 0.3) is 5.91 Å². The molecule has 3 amide bonds. The first-order valence-corrected chi connectivity index (χ1v) is 8.60. The summed E-state index contributed by atoms with van der Waals surface area (Å²) in [5.74, 6) is 0.143. The van der Waals surface area contributed by atoms with Gasteiger partial charge in [0.15, 0.2) is 5.82 Å². The predicted octanol–water partition coefficient (Wildman–Crippen LogP) is 2.33. The fourth-order valence-electron chi connectivity index (χ4n) is 3.13. The number of urea groups is 1. The van der Waals surface area contributed by atoms with Crippen molar-refractivity contribution < 1.29 is 9.59 Å². The minimum Gasteiger partial charge on any atom is -0.282 e. The molecule has 0 spiro atoms. The van der Waals surface area contributed by atoms with Crippen LogP contribution in [-0.4, -0.2) is 43.1 Å². The lowest BCUT2D eigenvalue weighted by Crippen LogP contribution is -2.34. The third kappa shape index (κ3) is 2.95. The number of imide groups is 1. The van der Waals surface area contributed by atoms with Gasteiger partial charge >= 0.3 is 6.03 Å². The molecule has 0 N–H and O–H groups in total. The maximum absolute atomic E-state index is 12.9. The summed E-state index contributed by atoms with van der Waals surface area (Å²) in [5.41, 5.74) is 2.54. The molecule has 0 saturated carbocycles. The lowest BCUT2D eigenvalue weighted by atomic mass is 10.2. The minimum absolute atomic E-state index is 0.00621. The Balaban J connectivity index is 1.62. The monoisotopic (exact) mass is 362 g/mol. The van der Waals surface area contributed by atoms with Crippen LogP contribution in [0.25, 0.3) is 5.69 Å². The highest BCUT2D eigenvalue weighted by Crippen LogP contribution is 2.27. The van der Waals surface area contributed by atoms with Crippen LogP contribution in [0.15, 0.2) is 54.6 Å². The van der Waals surface area contributed by atoms with Crippen molar-refractivity contribution in [3.8, 4) is 5.69 Å². The number of anilines is 1. The van der Waals surface area contributed by atoms with E-state index in [1.165, 1.54) is 14.5 Å². The van der Waals surface area contributed by atoms with Gasteiger partial charge in [0.05, 0.1) is 12.2 Å². The highest BCUT2D eigenvalue weighted by Gasteiger charge is 2.43. The largest absolute Gasteiger partial charge is 0.332 e. The Morgan fingerprint density at radius 1 is 0.963 bits per heavy atom. The molecule has 1 aliphatic rings. The van der Waals surface area contributed by atoms with E-state index in [0.717, 1.165) is 11.3 Å². The molecule has 1 fully saturated rings. The number of benzene rings is 2. The topological polar surface area (TPSA) is 84.2 Å². The standard InChI is InChI=1S/C19H18N6O2/c1-13-8-10-15(11-9-13)24-14(2)18(26)23(19(24)27)12-17-20-21-22-25(17)16-6-4-3-5-7-16/h3-11,14H,12H2,1-2H3/t14-/m0/s1. The van der Waals surface area contributed by atoms with Crippen molar-refractivity contribution in [1.29, 1.82) is 0 Å². The molecule has 4 rings (SSSR count). The fraction of sp³-hybridized carbons (Fsp3) is 0.211. The number of rotatable bonds is 4. The van der Waals surface area contributed by atoms with Crippen LogP contribution in [0.4, 0.5) is 10.5 Å². The summed E-state index contributed by atoms with van der Waals surface area (Å²) >= 11 is 0. The molecule has 0 unspecified atom stereocenters. The van der Waals surface area contributed by atoms with Gasteiger partial charge in [-0.15, -0.1) is 5.10 Å². The second-order valence-corrected chi connectivity index (χ2v) is 6.43. The van der Waals surface area contributed by atoms with E-state index in [-0.39, 0.29) is 18.5 Å². The highest BCUT2D eigenvalue weighted by molar-refractivity contribution is 6.13. The van der Waals surface area contributed by atoms with Crippen molar-refractivity contribution >= 4 is 17.6 Å². The summed E-state index contributed by atoms with van der Waals surface area (Å²) in [5, 5.41) is 11.7. The number of hydrogen-bond acceptors (Lipinski definition) is 5. The molecule has 1 aliphatic heterocycles. The molecule has 0 bridgehead atoms. The number of aromatic nitrogens is 4. The molecule has 0 aliphatic carbocycles. The van der Waals surface area contributed by atoms with Crippen LogP contribution in [0.5, 0.6) is 0 Å². The van der Waals surface area contributed by atoms with Crippen molar-refractivity contribution in [3.63, 3.8) is 0 Å². The smallest absolute Gasteiger partial charge is 0.282 e. The normalized spacial score (nSPS) is 17.0. The molecule has 1 saturated heterocycles. The summed E-state index contributed by atoms with van der Waals surface area (Å²) < 4.78 is 1.53. The van der Waals surface area contributed by atoms with Gasteiger partial charge in [-0.05, 0) is 48.5 Å². The van der Waals surface area contributed by atoms with E-state index in [9.17, 15) is 9.59 Å². The first-order chi connectivity index (χ1) is 13.1. The van der Waals surface area contributed by atoms with Crippen LogP contribution in [-0.2, 0) is 11.3 Å². The number of para-hydroxylation sites is 1. The summed E-state index contributed by atoms with van der Waals surface area (Å²) in [7, 11) is 0. The van der Waals surface area contributed by atoms with Crippen LogP contribution in [0.1, 0.15) is 18.3 Å². The van der Waals surface area contributed by atoms with Crippen molar-refractivity contribution in [1.82, 2.24) is 25.1 Å². The number of nitrogens with zero attached hydrogens (tertiary/aromatic N) is 6. The molecular weight excluding hydrogens is 344 g/mol. The van der Waals surface area contributed by atoms with Crippen molar-refractivity contribution in [2.45, 2.75) is 26.4 Å². The van der Waals surface area contributed by atoms with Gasteiger partial charge in [-0.25, -0.2) is 4.79 Å². The second-order valence-electron chi connectivity index (χ2n) is 6.43. The summed E-state index contributed by atoms with van der Waals surface area (Å²) in [6.07, 6.45) is 0. The van der Waals surface area contributed by atoms with Crippen LogP contribution in [0.2, 0.25) is 0 Å². The van der Waals surface area contributed by atoms with Gasteiger partial charge in [-0.2, -0.15) is 4.68 Å². The number of aryl methyl sites for hydroxylation is 1. The average molecular weight is 362 g/mol. The molecule has 0 radical (unpaired) electrons. The van der Waals surface area contributed by atoms with Crippen LogP contribution < -0.4 is 4.90 Å². The van der Waals surface area contributed by atoms with E-state index < -0.39 is 6.04 Å². The third-order valence-corrected chi connectivity index (χ3v) is 4.59. The van der Waals surface area contributed by atoms with Gasteiger partial charge in [-0.3, -0.25) is 14.6 Å². The number of tetrazole rings is 1. The number of carbonyl (C=O) groups excluding carboxylic acids is 2. The fourth-order valence-corrected chi connectivity index (χ4v) is 3.13. The Hall–Kier alpha value is -3.55. The molecule has 8 heteroatoms. The van der Waals surface area contributed by atoms with E-state index in [1.807, 2.05) is 61.5 Å². The van der Waals surface area contributed by atoms with Gasteiger partial charge in [-0.1, -0.05) is 35.9 Å². The number of carbonyl (C=O) groups is 2. The third-order valence-electron chi connectivity index (χ3n) is 4.59. The molecule has 136 valence electrons. The maximum Gasteiger partial charge on any atom is 0.332 e. The van der Waals surface area contributed by atoms with Crippen molar-refractivity contribution in [2.75, 3.05) is 4.90 Å². The summed E-state index contributed by atoms with van der Waals surface area (Å²) in [6.45, 7) is 3.70. The van der Waals surface area contributed by atoms with Gasteiger partial charge in [0, 0.05) is 5.69 Å². The second kappa shape index (κ2) is 6.64. The molecule has 8 nitrogen and oxygen atoms in total. The number of hydrogen-bond donors (Lipinski definition) is 0. The van der Waals surface area contributed by atoms with E-state index in [1.54, 1.807) is 6.92 Å². The Kier molecular flexibility index (Phi) is 4.15. The van der Waals surface area contributed by atoms with E-state index in [2.05, 4.69) is 15.5 Å². The zero-order valence-corrected chi connectivity index (χ0v) is 15.0. The molecule has 1 atom stereocenters. The van der Waals surface area contributed by atoms with Crippen LogP contribution in [0, 0.1) is 6.92 Å². The van der Waals surface area contributed by atoms with Gasteiger partial charge in [0.1, 0.15) is 6.04 Å². The zero-order chi connectivity index (χ0) is 19.0. The Bertz CT molecular complexity index is 983. The minimum atomic E-state index is -0.582. The lowest BCUT2D eigenvalue weighted by Gasteiger charge is -2.19. The summed E-state index contributed by atoms with van der Waals surface area (Å²) in [4.78, 5) is 28.4. The predicted molar refractivity (Wildman–Crippen MR) is 98.2 cm³/mol. The maximum atomic E-state index is 12.9. The average Bonchev–Trinajstić information content (AvgIpc) is 3.23. The number of amides is 3. The molecule has 27 heavy (non-hydrogen) atoms. The molecule has 3 aromatic rings. The first kappa shape index (κ1) is 16.9. The molecular formula is C19H18N6O2. The van der Waals surface area contributed by atoms with Crippen molar-refractivity contribution in [3.05, 3.63) is 66.0 Å². The van der Waals surface area contributed by atoms with Gasteiger partial charge in [0.2, 0.25) is 0 Å². The van der Waals surface area contributed by atoms with E-state index in [4.69, 9.17) is 0 Å². The quantitative estimate of drug-likeness (QED) is 0.665. The first-order valence-electron chi connectivity index (χ1n) is 8.60. The molecule has 2 aromatic carbocycles. The zero-order valence-electron chi connectivity index (χ0n) is 15.0. The molecule has 2 heterocycles. The van der Waals surface area contributed by atoms with Crippen LogP contribution in [0.3, 0.4) is 0 Å². The van der Waals surface area contributed by atoms with E-state index in [0.29, 0.717) is 11.5 Å². The lowest BCUT2D eigenvalue weighted by molar-refractivity contribution is -0.127.